The maximum atomic E-state index is 12.1. The Labute approximate surface area is 96.8 Å². The molecule has 0 radical (unpaired) electrons. The van der Waals surface area contributed by atoms with Gasteiger partial charge in [0.25, 0.3) is 0 Å². The third-order valence-electron chi connectivity index (χ3n) is 3.72. The van der Waals surface area contributed by atoms with Crippen molar-refractivity contribution in [2.24, 2.45) is 0 Å². The first-order valence-electron chi connectivity index (χ1n) is 5.63. The zero-order chi connectivity index (χ0) is 12.1. The lowest BCUT2D eigenvalue weighted by Crippen LogP contribution is -2.35. The van der Waals surface area contributed by atoms with Crippen molar-refractivity contribution in [1.82, 2.24) is 0 Å². The molecule has 0 aromatic heterocycles. The second kappa shape index (κ2) is 3.31. The summed E-state index contributed by atoms with van der Waals surface area (Å²) in [6.07, 6.45) is -1.19. The Balaban J connectivity index is 1.89. The molecule has 17 heavy (non-hydrogen) atoms. The smallest absolute Gasteiger partial charge is 0.406 e. The predicted octanol–water partition coefficient (Wildman–Crippen LogP) is 3.43. The number of hydrogen-bond donors (Lipinski definition) is 1. The fourth-order valence-electron chi connectivity index (χ4n) is 2.74. The van der Waals surface area contributed by atoms with Gasteiger partial charge in [-0.25, -0.2) is 0 Å². The van der Waals surface area contributed by atoms with Gasteiger partial charge < -0.3 is 10.1 Å². The molecular weight excluding hydrogens is 231 g/mol. The number of benzene rings is 1. The fraction of sp³-hybridized carbons (Fsp3) is 0.500. The van der Waals surface area contributed by atoms with E-state index in [9.17, 15) is 13.2 Å². The number of fused-ring (bicyclic) bond motifs is 2. The topological polar surface area (TPSA) is 21.3 Å². The van der Waals surface area contributed by atoms with Crippen LogP contribution in [-0.2, 0) is 5.41 Å². The van der Waals surface area contributed by atoms with E-state index in [0.717, 1.165) is 30.6 Å². The minimum Gasteiger partial charge on any atom is -0.406 e. The molecular formula is C12H12F3NO. The predicted molar refractivity (Wildman–Crippen MR) is 57.1 cm³/mol. The van der Waals surface area contributed by atoms with Gasteiger partial charge in [-0.1, -0.05) is 12.5 Å². The van der Waals surface area contributed by atoms with Crippen LogP contribution in [-0.4, -0.2) is 12.9 Å². The van der Waals surface area contributed by atoms with Crippen molar-refractivity contribution in [2.45, 2.75) is 31.0 Å². The molecule has 1 heterocycles. The second-order valence-electron chi connectivity index (χ2n) is 4.74. The average Bonchev–Trinajstić information content (AvgIpc) is 2.52. The highest BCUT2D eigenvalue weighted by Gasteiger charge is 2.44. The van der Waals surface area contributed by atoms with Gasteiger partial charge in [-0.05, 0) is 24.5 Å². The summed E-state index contributed by atoms with van der Waals surface area (Å²) >= 11 is 0. The normalized spacial score (nSPS) is 20.6. The monoisotopic (exact) mass is 243 g/mol. The summed E-state index contributed by atoms with van der Waals surface area (Å²) in [5.41, 5.74) is 2.09. The van der Waals surface area contributed by atoms with Crippen LogP contribution in [0.5, 0.6) is 5.75 Å². The molecule has 1 aliphatic heterocycles. The van der Waals surface area contributed by atoms with E-state index < -0.39 is 6.36 Å². The number of nitrogens with one attached hydrogen (secondary N) is 1. The Morgan fingerprint density at radius 2 is 2.00 bits per heavy atom. The average molecular weight is 243 g/mol. The van der Waals surface area contributed by atoms with E-state index >= 15 is 0 Å². The Kier molecular flexibility index (Phi) is 2.09. The largest absolute Gasteiger partial charge is 0.573 e. The number of alkyl halides is 3. The van der Waals surface area contributed by atoms with Crippen LogP contribution in [0.15, 0.2) is 18.2 Å². The van der Waals surface area contributed by atoms with Crippen LogP contribution in [0.2, 0.25) is 0 Å². The third kappa shape index (κ3) is 1.73. The standard InChI is InChI=1S/C12H12F3NO/c13-12(14,15)17-8-2-3-9-10(6-8)16-7-11(9)4-1-5-11/h2-3,6,16H,1,4-5,7H2. The summed E-state index contributed by atoms with van der Waals surface area (Å²) in [6.45, 7) is 0.831. The quantitative estimate of drug-likeness (QED) is 0.815. The van der Waals surface area contributed by atoms with Gasteiger partial charge >= 0.3 is 6.36 Å². The van der Waals surface area contributed by atoms with E-state index in [1.165, 1.54) is 18.6 Å². The summed E-state index contributed by atoms with van der Waals surface area (Å²) in [5, 5.41) is 3.17. The van der Waals surface area contributed by atoms with Gasteiger partial charge in [0.05, 0.1) is 0 Å². The van der Waals surface area contributed by atoms with Crippen LogP contribution in [0, 0.1) is 0 Å². The summed E-state index contributed by atoms with van der Waals surface area (Å²) in [5.74, 6) is -0.153. The Morgan fingerprint density at radius 1 is 1.24 bits per heavy atom. The lowest BCUT2D eigenvalue weighted by molar-refractivity contribution is -0.274. The molecule has 1 fully saturated rings. The van der Waals surface area contributed by atoms with Gasteiger partial charge in [0.2, 0.25) is 0 Å². The van der Waals surface area contributed by atoms with E-state index in [1.807, 2.05) is 0 Å². The maximum absolute atomic E-state index is 12.1. The highest BCUT2D eigenvalue weighted by molar-refractivity contribution is 5.63. The highest BCUT2D eigenvalue weighted by Crippen LogP contribution is 2.50. The Bertz CT molecular complexity index is 452. The van der Waals surface area contributed by atoms with Crippen molar-refractivity contribution in [3.05, 3.63) is 23.8 Å². The summed E-state index contributed by atoms with van der Waals surface area (Å²) in [6, 6.07) is 4.60. The molecule has 2 nitrogen and oxygen atoms in total. The number of rotatable bonds is 1. The van der Waals surface area contributed by atoms with E-state index in [4.69, 9.17) is 0 Å². The van der Waals surface area contributed by atoms with E-state index in [0.29, 0.717) is 0 Å². The molecule has 0 atom stereocenters. The second-order valence-corrected chi connectivity index (χ2v) is 4.74. The SMILES string of the molecule is FC(F)(F)Oc1ccc2c(c1)NCC21CCC1. The number of halogens is 3. The van der Waals surface area contributed by atoms with Crippen molar-refractivity contribution in [3.63, 3.8) is 0 Å². The van der Waals surface area contributed by atoms with Gasteiger partial charge in [0.15, 0.2) is 0 Å². The molecule has 1 N–H and O–H groups in total. The molecule has 0 saturated heterocycles. The number of ether oxygens (including phenoxy) is 1. The number of anilines is 1. The van der Waals surface area contributed by atoms with Crippen molar-refractivity contribution in [1.29, 1.82) is 0 Å². The first-order chi connectivity index (χ1) is 7.99. The van der Waals surface area contributed by atoms with Gasteiger partial charge in [-0.15, -0.1) is 13.2 Å². The zero-order valence-corrected chi connectivity index (χ0v) is 9.10. The van der Waals surface area contributed by atoms with Crippen LogP contribution in [0.4, 0.5) is 18.9 Å². The molecule has 2 aliphatic rings. The van der Waals surface area contributed by atoms with Crippen molar-refractivity contribution >= 4 is 5.69 Å². The molecule has 1 spiro atoms. The van der Waals surface area contributed by atoms with Crippen molar-refractivity contribution < 1.29 is 17.9 Å². The molecule has 0 unspecified atom stereocenters. The third-order valence-corrected chi connectivity index (χ3v) is 3.72. The van der Waals surface area contributed by atoms with Crippen molar-refractivity contribution in [2.75, 3.05) is 11.9 Å². The zero-order valence-electron chi connectivity index (χ0n) is 9.10. The Hall–Kier alpha value is -1.39. The van der Waals surface area contributed by atoms with Gasteiger partial charge in [0.1, 0.15) is 5.75 Å². The van der Waals surface area contributed by atoms with Crippen LogP contribution in [0.3, 0.4) is 0 Å². The Morgan fingerprint density at radius 3 is 2.59 bits per heavy atom. The highest BCUT2D eigenvalue weighted by atomic mass is 19.4. The van der Waals surface area contributed by atoms with E-state index in [1.54, 1.807) is 6.07 Å². The molecule has 3 rings (SSSR count). The summed E-state index contributed by atoms with van der Waals surface area (Å²) in [4.78, 5) is 0. The molecule has 5 heteroatoms. The van der Waals surface area contributed by atoms with E-state index in [2.05, 4.69) is 10.1 Å². The van der Waals surface area contributed by atoms with Gasteiger partial charge in [-0.3, -0.25) is 0 Å². The summed E-state index contributed by atoms with van der Waals surface area (Å²) in [7, 11) is 0. The molecule has 1 aromatic rings. The lowest BCUT2D eigenvalue weighted by Gasteiger charge is -2.38. The van der Waals surface area contributed by atoms with Crippen molar-refractivity contribution in [3.8, 4) is 5.75 Å². The van der Waals surface area contributed by atoms with Crippen LogP contribution in [0.1, 0.15) is 24.8 Å². The minimum atomic E-state index is -4.62. The lowest BCUT2D eigenvalue weighted by atomic mass is 9.66. The van der Waals surface area contributed by atoms with E-state index in [-0.39, 0.29) is 11.2 Å². The molecule has 0 bridgehead atoms. The summed E-state index contributed by atoms with van der Waals surface area (Å²) < 4.78 is 40.1. The molecule has 0 amide bonds. The fourth-order valence-corrected chi connectivity index (χ4v) is 2.74. The molecule has 1 aliphatic carbocycles. The minimum absolute atomic E-state index is 0.153. The maximum Gasteiger partial charge on any atom is 0.573 e. The molecule has 1 aromatic carbocycles. The number of hydrogen-bond acceptors (Lipinski definition) is 2. The van der Waals surface area contributed by atoms with Crippen LogP contribution >= 0.6 is 0 Å². The first-order valence-corrected chi connectivity index (χ1v) is 5.63. The van der Waals surface area contributed by atoms with Crippen LogP contribution < -0.4 is 10.1 Å². The van der Waals surface area contributed by atoms with Gasteiger partial charge in [0, 0.05) is 23.7 Å². The molecule has 1 saturated carbocycles. The molecule has 92 valence electrons. The van der Waals surface area contributed by atoms with Crippen LogP contribution in [0.25, 0.3) is 0 Å². The first kappa shape index (κ1) is 10.7. The van der Waals surface area contributed by atoms with Gasteiger partial charge in [-0.2, -0.15) is 0 Å².